The third kappa shape index (κ3) is 3.44. The van der Waals surface area contributed by atoms with Gasteiger partial charge in [0, 0.05) is 10.4 Å². The molecule has 2 rings (SSSR count). The third-order valence-electron chi connectivity index (χ3n) is 2.76. The first-order valence-corrected chi connectivity index (χ1v) is 7.07. The largest absolute Gasteiger partial charge is 0.347 e. The number of benzene rings is 1. The molecular formula is C15H17NOS. The lowest BCUT2D eigenvalue weighted by Gasteiger charge is -2.05. The molecule has 0 saturated heterocycles. The second-order valence-electron chi connectivity index (χ2n) is 4.21. The zero-order chi connectivity index (χ0) is 12.8. The first kappa shape index (κ1) is 12.8. The van der Waals surface area contributed by atoms with Crippen molar-refractivity contribution in [1.82, 2.24) is 5.32 Å². The zero-order valence-electron chi connectivity index (χ0n) is 10.5. The summed E-state index contributed by atoms with van der Waals surface area (Å²) in [6.45, 7) is 2.76. The van der Waals surface area contributed by atoms with E-state index in [1.54, 1.807) is 11.3 Å². The SMILES string of the molecule is CCCc1ccc(C(=O)NCc2cccs2)cc1. The molecule has 1 aromatic carbocycles. The van der Waals surface area contributed by atoms with E-state index in [4.69, 9.17) is 0 Å². The molecule has 0 radical (unpaired) electrons. The fourth-order valence-electron chi connectivity index (χ4n) is 1.79. The minimum absolute atomic E-state index is 0.00792. The molecule has 0 saturated carbocycles. The highest BCUT2D eigenvalue weighted by Crippen LogP contribution is 2.09. The summed E-state index contributed by atoms with van der Waals surface area (Å²) in [5.74, 6) is -0.00792. The highest BCUT2D eigenvalue weighted by molar-refractivity contribution is 7.09. The van der Waals surface area contributed by atoms with E-state index in [-0.39, 0.29) is 5.91 Å². The molecule has 1 N–H and O–H groups in total. The van der Waals surface area contributed by atoms with Gasteiger partial charge in [-0.25, -0.2) is 0 Å². The summed E-state index contributed by atoms with van der Waals surface area (Å²) < 4.78 is 0. The Morgan fingerprint density at radius 1 is 1.22 bits per heavy atom. The van der Waals surface area contributed by atoms with Crippen molar-refractivity contribution in [3.8, 4) is 0 Å². The van der Waals surface area contributed by atoms with Crippen LogP contribution in [0.3, 0.4) is 0 Å². The first-order chi connectivity index (χ1) is 8.79. The topological polar surface area (TPSA) is 29.1 Å². The van der Waals surface area contributed by atoms with Gasteiger partial charge in [-0.3, -0.25) is 4.79 Å². The fraction of sp³-hybridized carbons (Fsp3) is 0.267. The van der Waals surface area contributed by atoms with Gasteiger partial charge in [-0.15, -0.1) is 11.3 Å². The average molecular weight is 259 g/mol. The van der Waals surface area contributed by atoms with Crippen LogP contribution in [0.25, 0.3) is 0 Å². The Labute approximate surface area is 112 Å². The highest BCUT2D eigenvalue weighted by Gasteiger charge is 2.05. The summed E-state index contributed by atoms with van der Waals surface area (Å²) in [6.07, 6.45) is 2.20. The van der Waals surface area contributed by atoms with Crippen LogP contribution in [0.15, 0.2) is 41.8 Å². The smallest absolute Gasteiger partial charge is 0.251 e. The molecule has 1 heterocycles. The van der Waals surface area contributed by atoms with Gasteiger partial charge in [0.2, 0.25) is 0 Å². The molecule has 1 aromatic heterocycles. The van der Waals surface area contributed by atoms with E-state index in [0.29, 0.717) is 6.54 Å². The molecule has 94 valence electrons. The van der Waals surface area contributed by atoms with E-state index in [9.17, 15) is 4.79 Å². The Kier molecular flexibility index (Phi) is 4.53. The van der Waals surface area contributed by atoms with Gasteiger partial charge >= 0.3 is 0 Å². The van der Waals surface area contributed by atoms with Crippen molar-refractivity contribution in [2.45, 2.75) is 26.3 Å². The second-order valence-corrected chi connectivity index (χ2v) is 5.24. The lowest BCUT2D eigenvalue weighted by molar-refractivity contribution is 0.0951. The van der Waals surface area contributed by atoms with Crippen LogP contribution in [0, 0.1) is 0 Å². The lowest BCUT2D eigenvalue weighted by Crippen LogP contribution is -2.22. The normalized spacial score (nSPS) is 10.3. The first-order valence-electron chi connectivity index (χ1n) is 6.19. The van der Waals surface area contributed by atoms with Gasteiger partial charge in [-0.05, 0) is 35.6 Å². The van der Waals surface area contributed by atoms with Crippen LogP contribution in [0.1, 0.15) is 34.1 Å². The zero-order valence-corrected chi connectivity index (χ0v) is 11.3. The average Bonchev–Trinajstić information content (AvgIpc) is 2.90. The molecular weight excluding hydrogens is 242 g/mol. The van der Waals surface area contributed by atoms with Gasteiger partial charge < -0.3 is 5.32 Å². The van der Waals surface area contributed by atoms with E-state index >= 15 is 0 Å². The van der Waals surface area contributed by atoms with Crippen molar-refractivity contribution in [2.24, 2.45) is 0 Å². The minimum Gasteiger partial charge on any atom is -0.347 e. The molecule has 18 heavy (non-hydrogen) atoms. The summed E-state index contributed by atoms with van der Waals surface area (Å²) in [4.78, 5) is 13.1. The number of amides is 1. The monoisotopic (exact) mass is 259 g/mol. The summed E-state index contributed by atoms with van der Waals surface area (Å²) in [5, 5.41) is 4.94. The predicted octanol–water partition coefficient (Wildman–Crippen LogP) is 3.63. The quantitative estimate of drug-likeness (QED) is 0.873. The Bertz CT molecular complexity index is 488. The van der Waals surface area contributed by atoms with Crippen molar-refractivity contribution >= 4 is 17.2 Å². The van der Waals surface area contributed by atoms with Gasteiger partial charge in [0.15, 0.2) is 0 Å². The number of thiophene rings is 1. The van der Waals surface area contributed by atoms with Crippen molar-refractivity contribution in [2.75, 3.05) is 0 Å². The number of carbonyl (C=O) groups is 1. The Hall–Kier alpha value is -1.61. The standard InChI is InChI=1S/C15H17NOS/c1-2-4-12-6-8-13(9-7-12)15(17)16-11-14-5-3-10-18-14/h3,5-10H,2,4,11H2,1H3,(H,16,17). The maximum absolute atomic E-state index is 11.9. The molecule has 1 amide bonds. The number of nitrogens with one attached hydrogen (secondary N) is 1. The minimum atomic E-state index is -0.00792. The molecule has 2 nitrogen and oxygen atoms in total. The summed E-state index contributed by atoms with van der Waals surface area (Å²) in [7, 11) is 0. The summed E-state index contributed by atoms with van der Waals surface area (Å²) >= 11 is 1.65. The van der Waals surface area contributed by atoms with Crippen LogP contribution in [0.5, 0.6) is 0 Å². The summed E-state index contributed by atoms with van der Waals surface area (Å²) in [5.41, 5.74) is 2.01. The van der Waals surface area contributed by atoms with Crippen LogP contribution < -0.4 is 5.32 Å². The van der Waals surface area contributed by atoms with Gasteiger partial charge in [-0.2, -0.15) is 0 Å². The van der Waals surface area contributed by atoms with Crippen molar-refractivity contribution < 1.29 is 4.79 Å². The van der Waals surface area contributed by atoms with E-state index in [1.807, 2.05) is 41.8 Å². The van der Waals surface area contributed by atoms with E-state index < -0.39 is 0 Å². The molecule has 0 unspecified atom stereocenters. The number of hydrogen-bond acceptors (Lipinski definition) is 2. The second kappa shape index (κ2) is 6.36. The van der Waals surface area contributed by atoms with Crippen LogP contribution >= 0.6 is 11.3 Å². The van der Waals surface area contributed by atoms with Crippen molar-refractivity contribution in [1.29, 1.82) is 0 Å². The lowest BCUT2D eigenvalue weighted by atomic mass is 10.1. The molecule has 0 aliphatic carbocycles. The van der Waals surface area contributed by atoms with Crippen LogP contribution in [-0.4, -0.2) is 5.91 Å². The Morgan fingerprint density at radius 3 is 2.61 bits per heavy atom. The highest BCUT2D eigenvalue weighted by atomic mass is 32.1. The molecule has 0 aliphatic heterocycles. The van der Waals surface area contributed by atoms with E-state index in [1.165, 1.54) is 10.4 Å². The van der Waals surface area contributed by atoms with Gasteiger partial charge in [0.25, 0.3) is 5.91 Å². The number of carbonyl (C=O) groups excluding carboxylic acids is 1. The molecule has 2 aromatic rings. The number of rotatable bonds is 5. The van der Waals surface area contributed by atoms with Gasteiger partial charge in [-0.1, -0.05) is 31.5 Å². The molecule has 3 heteroatoms. The van der Waals surface area contributed by atoms with Crippen LogP contribution in [-0.2, 0) is 13.0 Å². The van der Waals surface area contributed by atoms with Crippen molar-refractivity contribution in [3.63, 3.8) is 0 Å². The molecule has 0 spiro atoms. The maximum Gasteiger partial charge on any atom is 0.251 e. The molecule has 0 atom stereocenters. The fourth-order valence-corrected chi connectivity index (χ4v) is 2.44. The summed E-state index contributed by atoms with van der Waals surface area (Å²) in [6, 6.07) is 11.9. The van der Waals surface area contributed by atoms with E-state index in [2.05, 4.69) is 12.2 Å². The maximum atomic E-state index is 11.9. The Balaban J connectivity index is 1.92. The van der Waals surface area contributed by atoms with Crippen LogP contribution in [0.2, 0.25) is 0 Å². The molecule has 0 aliphatic rings. The van der Waals surface area contributed by atoms with Crippen LogP contribution in [0.4, 0.5) is 0 Å². The molecule has 0 bridgehead atoms. The molecule has 0 fully saturated rings. The Morgan fingerprint density at radius 2 is 2.00 bits per heavy atom. The number of aryl methyl sites for hydroxylation is 1. The van der Waals surface area contributed by atoms with Gasteiger partial charge in [0.1, 0.15) is 0 Å². The van der Waals surface area contributed by atoms with Crippen molar-refractivity contribution in [3.05, 3.63) is 57.8 Å². The third-order valence-corrected chi connectivity index (χ3v) is 3.63. The van der Waals surface area contributed by atoms with Gasteiger partial charge in [0.05, 0.1) is 6.54 Å². The predicted molar refractivity (Wildman–Crippen MR) is 75.9 cm³/mol. The number of hydrogen-bond donors (Lipinski definition) is 1. The van der Waals surface area contributed by atoms with E-state index in [0.717, 1.165) is 18.4 Å².